The Morgan fingerprint density at radius 1 is 1.09 bits per heavy atom. The number of benzene rings is 2. The van der Waals surface area contributed by atoms with Gasteiger partial charge in [0, 0.05) is 48.8 Å². The third-order valence-electron chi connectivity index (χ3n) is 5.48. The molecule has 1 amide bonds. The number of thiazole rings is 1. The monoisotopic (exact) mass is 492 g/mol. The topological polar surface area (TPSA) is 73.8 Å². The Morgan fingerprint density at radius 2 is 1.78 bits per heavy atom. The van der Waals surface area contributed by atoms with Crippen molar-refractivity contribution in [2.45, 2.75) is 11.3 Å². The Kier molecular flexibility index (Phi) is 6.83. The van der Waals surface area contributed by atoms with E-state index in [1.54, 1.807) is 35.4 Å². The third kappa shape index (κ3) is 4.97. The number of sulfonamides is 1. The minimum atomic E-state index is -3.64. The van der Waals surface area contributed by atoms with E-state index in [0.717, 1.165) is 28.6 Å². The van der Waals surface area contributed by atoms with Crippen molar-refractivity contribution in [3.63, 3.8) is 0 Å². The number of carbonyl (C=O) groups excluding carboxylic acids is 1. The van der Waals surface area contributed by atoms with E-state index in [0.29, 0.717) is 23.1 Å². The van der Waals surface area contributed by atoms with Crippen LogP contribution in [0.3, 0.4) is 0 Å². The average Bonchev–Trinajstić information content (AvgIpc) is 3.26. The second-order valence-corrected chi connectivity index (χ2v) is 11.5. The first-order valence-corrected chi connectivity index (χ1v) is 13.0. The van der Waals surface area contributed by atoms with Crippen LogP contribution in [0.2, 0.25) is 5.02 Å². The molecule has 0 atom stereocenters. The fourth-order valence-electron chi connectivity index (χ4n) is 3.63. The highest BCUT2D eigenvalue weighted by molar-refractivity contribution is 7.89. The van der Waals surface area contributed by atoms with E-state index in [2.05, 4.69) is 9.88 Å². The molecule has 0 N–H and O–H groups in total. The van der Waals surface area contributed by atoms with Crippen LogP contribution >= 0.6 is 22.9 Å². The molecule has 1 aromatic heterocycles. The van der Waals surface area contributed by atoms with E-state index in [9.17, 15) is 13.2 Å². The highest BCUT2D eigenvalue weighted by atomic mass is 35.5. The van der Waals surface area contributed by atoms with Gasteiger partial charge in [-0.2, -0.15) is 4.31 Å². The largest absolute Gasteiger partial charge is 0.334 e. The lowest BCUT2D eigenvalue weighted by atomic mass is 10.1. The van der Waals surface area contributed by atoms with Crippen molar-refractivity contribution in [1.82, 2.24) is 19.1 Å². The van der Waals surface area contributed by atoms with Gasteiger partial charge in [-0.1, -0.05) is 23.7 Å². The van der Waals surface area contributed by atoms with Gasteiger partial charge in [-0.15, -0.1) is 11.3 Å². The maximum Gasteiger partial charge on any atom is 0.282 e. The van der Waals surface area contributed by atoms with E-state index in [1.165, 1.54) is 15.6 Å². The van der Waals surface area contributed by atoms with Crippen LogP contribution < -0.4 is 0 Å². The number of nitrogens with zero attached hydrogens (tertiary/aromatic N) is 4. The van der Waals surface area contributed by atoms with Crippen LogP contribution in [0.15, 0.2) is 47.5 Å². The van der Waals surface area contributed by atoms with Crippen LogP contribution in [0.25, 0.3) is 10.8 Å². The predicted molar refractivity (Wildman–Crippen MR) is 128 cm³/mol. The molecule has 1 aliphatic rings. The number of hydrogen-bond donors (Lipinski definition) is 0. The predicted octanol–water partition coefficient (Wildman–Crippen LogP) is 3.20. The molecular weight excluding hydrogens is 468 g/mol. The second kappa shape index (κ2) is 9.44. The molecular formula is C22H25ClN4O3S2. The quantitative estimate of drug-likeness (QED) is 0.528. The molecule has 2 aromatic carbocycles. The maximum atomic E-state index is 13.2. The summed E-state index contributed by atoms with van der Waals surface area (Å²) in [4.78, 5) is 22.2. The van der Waals surface area contributed by atoms with Crippen molar-refractivity contribution in [1.29, 1.82) is 0 Å². The number of piperazine rings is 1. The molecule has 10 heteroatoms. The summed E-state index contributed by atoms with van der Waals surface area (Å²) in [5.74, 6) is -0.134. The van der Waals surface area contributed by atoms with E-state index in [-0.39, 0.29) is 23.9 Å². The van der Waals surface area contributed by atoms with Gasteiger partial charge < -0.3 is 9.80 Å². The zero-order chi connectivity index (χ0) is 22.9. The SMILES string of the molecule is CN(C)CCc1cnc(C(=O)N2CCN(S(=O)(=O)c3ccc4cc(Cl)ccc4c3)CC2)s1. The third-order valence-corrected chi connectivity index (χ3v) is 8.65. The Morgan fingerprint density at radius 3 is 2.50 bits per heavy atom. The Balaban J connectivity index is 1.41. The van der Waals surface area contributed by atoms with Gasteiger partial charge in [0.25, 0.3) is 5.91 Å². The molecule has 170 valence electrons. The molecule has 4 rings (SSSR count). The first kappa shape index (κ1) is 23.1. The summed E-state index contributed by atoms with van der Waals surface area (Å²) in [6, 6.07) is 10.4. The summed E-state index contributed by atoms with van der Waals surface area (Å²) < 4.78 is 27.8. The van der Waals surface area contributed by atoms with Crippen LogP contribution in [0.4, 0.5) is 0 Å². The van der Waals surface area contributed by atoms with E-state index < -0.39 is 10.0 Å². The van der Waals surface area contributed by atoms with Gasteiger partial charge in [0.1, 0.15) is 0 Å². The van der Waals surface area contributed by atoms with Crippen molar-refractivity contribution in [2.75, 3.05) is 46.8 Å². The second-order valence-electron chi connectivity index (χ2n) is 8.03. The Hall–Kier alpha value is -2.04. The molecule has 0 aliphatic carbocycles. The lowest BCUT2D eigenvalue weighted by Crippen LogP contribution is -2.50. The van der Waals surface area contributed by atoms with Gasteiger partial charge in [-0.05, 0) is 55.6 Å². The molecule has 0 bridgehead atoms. The molecule has 2 heterocycles. The van der Waals surface area contributed by atoms with Crippen LogP contribution in [-0.2, 0) is 16.4 Å². The number of aromatic nitrogens is 1. The van der Waals surface area contributed by atoms with Gasteiger partial charge in [-0.3, -0.25) is 4.79 Å². The summed E-state index contributed by atoms with van der Waals surface area (Å²) in [5, 5.41) is 2.78. The highest BCUT2D eigenvalue weighted by Crippen LogP contribution is 2.25. The molecule has 1 aliphatic heterocycles. The minimum absolute atomic E-state index is 0.134. The van der Waals surface area contributed by atoms with Crippen LogP contribution in [0.5, 0.6) is 0 Å². The van der Waals surface area contributed by atoms with Crippen molar-refractivity contribution >= 4 is 49.6 Å². The first-order chi connectivity index (χ1) is 15.2. The molecule has 7 nitrogen and oxygen atoms in total. The summed E-state index contributed by atoms with van der Waals surface area (Å²) in [5.41, 5.74) is 0. The zero-order valence-electron chi connectivity index (χ0n) is 18.0. The molecule has 1 saturated heterocycles. The molecule has 0 saturated carbocycles. The number of likely N-dealkylation sites (N-methyl/N-ethyl adjacent to an activating group) is 1. The normalized spacial score (nSPS) is 15.6. The summed E-state index contributed by atoms with van der Waals surface area (Å²) in [6.45, 7) is 2.09. The van der Waals surface area contributed by atoms with Crippen molar-refractivity contribution in [3.05, 3.63) is 57.5 Å². The molecule has 0 radical (unpaired) electrons. The van der Waals surface area contributed by atoms with Crippen molar-refractivity contribution in [3.8, 4) is 0 Å². The maximum absolute atomic E-state index is 13.2. The smallest absolute Gasteiger partial charge is 0.282 e. The molecule has 0 spiro atoms. The minimum Gasteiger partial charge on any atom is -0.334 e. The van der Waals surface area contributed by atoms with Crippen LogP contribution in [-0.4, -0.2) is 80.2 Å². The molecule has 3 aromatic rings. The van der Waals surface area contributed by atoms with E-state index in [4.69, 9.17) is 11.6 Å². The first-order valence-electron chi connectivity index (χ1n) is 10.3. The fourth-order valence-corrected chi connectivity index (χ4v) is 6.13. The lowest BCUT2D eigenvalue weighted by Gasteiger charge is -2.33. The van der Waals surface area contributed by atoms with Crippen molar-refractivity contribution < 1.29 is 13.2 Å². The molecule has 0 unspecified atom stereocenters. The van der Waals surface area contributed by atoms with Crippen LogP contribution in [0, 0.1) is 0 Å². The van der Waals surface area contributed by atoms with Gasteiger partial charge in [-0.25, -0.2) is 13.4 Å². The van der Waals surface area contributed by atoms with E-state index in [1.807, 2.05) is 26.2 Å². The van der Waals surface area contributed by atoms with Gasteiger partial charge in [0.15, 0.2) is 5.01 Å². The lowest BCUT2D eigenvalue weighted by molar-refractivity contribution is 0.0697. The highest BCUT2D eigenvalue weighted by Gasteiger charge is 2.31. The summed E-state index contributed by atoms with van der Waals surface area (Å²) >= 11 is 7.43. The summed E-state index contributed by atoms with van der Waals surface area (Å²) in [6.07, 6.45) is 2.61. The van der Waals surface area contributed by atoms with E-state index >= 15 is 0 Å². The zero-order valence-corrected chi connectivity index (χ0v) is 20.4. The number of rotatable bonds is 6. The van der Waals surface area contributed by atoms with Crippen molar-refractivity contribution in [2.24, 2.45) is 0 Å². The molecule has 32 heavy (non-hydrogen) atoms. The molecule has 1 fully saturated rings. The average molecular weight is 493 g/mol. The van der Waals surface area contributed by atoms with Gasteiger partial charge >= 0.3 is 0 Å². The number of amides is 1. The van der Waals surface area contributed by atoms with Crippen LogP contribution in [0.1, 0.15) is 14.7 Å². The standard InChI is InChI=1S/C22H25ClN4O3S2/c1-25(2)8-7-19-15-24-21(31-19)22(28)26-9-11-27(12-10-26)32(29,30)20-6-4-16-13-18(23)5-3-17(16)14-20/h3-6,13-15H,7-12H2,1-2H3. The van der Waals surface area contributed by atoms with Gasteiger partial charge in [0.05, 0.1) is 4.90 Å². The number of fused-ring (bicyclic) bond motifs is 1. The number of hydrogen-bond acceptors (Lipinski definition) is 6. The van der Waals surface area contributed by atoms with Gasteiger partial charge in [0.2, 0.25) is 10.0 Å². The fraction of sp³-hybridized carbons (Fsp3) is 0.364. The Bertz CT molecular complexity index is 1230. The number of halogens is 1. The Labute approximate surface area is 197 Å². The summed E-state index contributed by atoms with van der Waals surface area (Å²) in [7, 11) is 0.372. The number of carbonyl (C=O) groups is 1.